The summed E-state index contributed by atoms with van der Waals surface area (Å²) in [6.45, 7) is 0.291. The Kier molecular flexibility index (Phi) is 4.57. The van der Waals surface area contributed by atoms with Crippen LogP contribution in [-0.4, -0.2) is 20.7 Å². The van der Waals surface area contributed by atoms with E-state index in [0.29, 0.717) is 6.54 Å². The van der Waals surface area contributed by atoms with Gasteiger partial charge in [-0.05, 0) is 34.1 Å². The van der Waals surface area contributed by atoms with Gasteiger partial charge in [-0.15, -0.1) is 0 Å². The summed E-state index contributed by atoms with van der Waals surface area (Å²) in [6, 6.07) is 5.58. The number of sulfonamides is 1. The largest absolute Gasteiger partial charge is 0.383 e. The summed E-state index contributed by atoms with van der Waals surface area (Å²) in [7, 11) is -3.40. The zero-order valence-corrected chi connectivity index (χ0v) is 11.7. The Morgan fingerprint density at radius 2 is 2.00 bits per heavy atom. The number of benzene rings is 1. The fourth-order valence-electron chi connectivity index (χ4n) is 0.961. The molecular weight excluding hydrogens is 348 g/mol. The molecule has 0 saturated carbocycles. The van der Waals surface area contributed by atoms with Crippen LogP contribution in [0.5, 0.6) is 0 Å². The summed E-state index contributed by atoms with van der Waals surface area (Å²) in [6.07, 6.45) is 0. The Bertz CT molecular complexity index is 448. The molecule has 0 aliphatic carbocycles. The number of nitrogens with two attached hydrogens (primary N) is 1. The van der Waals surface area contributed by atoms with Crippen LogP contribution in [0.2, 0.25) is 0 Å². The van der Waals surface area contributed by atoms with E-state index in [4.69, 9.17) is 5.14 Å². The van der Waals surface area contributed by atoms with Gasteiger partial charge in [0.05, 0.1) is 5.75 Å². The van der Waals surface area contributed by atoms with Crippen molar-refractivity contribution in [2.45, 2.75) is 0 Å². The molecule has 0 aliphatic heterocycles. The van der Waals surface area contributed by atoms with Crippen molar-refractivity contribution in [2.75, 3.05) is 17.6 Å². The third-order valence-electron chi connectivity index (χ3n) is 1.63. The molecule has 1 rings (SSSR count). The topological polar surface area (TPSA) is 72.2 Å². The number of nitrogens with one attached hydrogen (secondary N) is 1. The van der Waals surface area contributed by atoms with Crippen molar-refractivity contribution in [1.29, 1.82) is 0 Å². The van der Waals surface area contributed by atoms with Crippen LogP contribution in [0.1, 0.15) is 0 Å². The molecule has 4 nitrogen and oxygen atoms in total. The fourth-order valence-corrected chi connectivity index (χ4v) is 2.53. The number of hydrogen-bond donors (Lipinski definition) is 2. The number of hydrogen-bond acceptors (Lipinski definition) is 3. The minimum absolute atomic E-state index is 0.0878. The molecule has 84 valence electrons. The number of rotatable bonds is 4. The molecular formula is C8H10Br2N2O2S. The fraction of sp³-hybridized carbons (Fsp3) is 0.250. The summed E-state index contributed by atoms with van der Waals surface area (Å²) >= 11 is 6.68. The Balaban J connectivity index is 2.59. The van der Waals surface area contributed by atoms with Crippen molar-refractivity contribution in [3.8, 4) is 0 Å². The average Bonchev–Trinajstić information content (AvgIpc) is 2.07. The van der Waals surface area contributed by atoms with Crippen LogP contribution < -0.4 is 10.5 Å². The maximum atomic E-state index is 10.7. The summed E-state index contributed by atoms with van der Waals surface area (Å²) in [5.41, 5.74) is 0.835. The first-order chi connectivity index (χ1) is 6.88. The Morgan fingerprint density at radius 1 is 1.33 bits per heavy atom. The molecule has 1 aromatic carbocycles. The monoisotopic (exact) mass is 356 g/mol. The third-order valence-corrected chi connectivity index (χ3v) is 3.56. The van der Waals surface area contributed by atoms with Gasteiger partial charge in [-0.3, -0.25) is 0 Å². The third kappa shape index (κ3) is 4.96. The van der Waals surface area contributed by atoms with E-state index in [9.17, 15) is 8.42 Å². The highest BCUT2D eigenvalue weighted by Crippen LogP contribution is 2.25. The van der Waals surface area contributed by atoms with Gasteiger partial charge < -0.3 is 5.32 Å². The van der Waals surface area contributed by atoms with Crippen LogP contribution in [0, 0.1) is 0 Å². The normalized spacial score (nSPS) is 11.4. The second-order valence-electron chi connectivity index (χ2n) is 2.92. The lowest BCUT2D eigenvalue weighted by molar-refractivity contribution is 0.598. The molecule has 7 heteroatoms. The van der Waals surface area contributed by atoms with E-state index in [1.807, 2.05) is 18.2 Å². The summed E-state index contributed by atoms with van der Waals surface area (Å²) < 4.78 is 23.2. The highest BCUT2D eigenvalue weighted by atomic mass is 79.9. The number of primary sulfonamides is 1. The van der Waals surface area contributed by atoms with Crippen LogP contribution in [0.3, 0.4) is 0 Å². The van der Waals surface area contributed by atoms with Crippen molar-refractivity contribution in [1.82, 2.24) is 0 Å². The van der Waals surface area contributed by atoms with Gasteiger partial charge in [-0.25, -0.2) is 13.6 Å². The standard InChI is InChI=1S/C8H10Br2N2O2S/c9-6-1-2-8(7(10)5-6)12-3-4-15(11,13)14/h1-2,5,12H,3-4H2,(H2,11,13,14). The number of halogens is 2. The van der Waals surface area contributed by atoms with E-state index in [1.54, 1.807) is 0 Å². The van der Waals surface area contributed by atoms with Gasteiger partial charge in [-0.2, -0.15) is 0 Å². The Hall–Kier alpha value is -0.110. The van der Waals surface area contributed by atoms with Gasteiger partial charge >= 0.3 is 0 Å². The molecule has 0 aromatic heterocycles. The van der Waals surface area contributed by atoms with Gasteiger partial charge in [0.2, 0.25) is 10.0 Å². The predicted octanol–water partition coefficient (Wildman–Crippen LogP) is 1.91. The summed E-state index contributed by atoms with van der Waals surface area (Å²) in [4.78, 5) is 0. The predicted molar refractivity (Wildman–Crippen MR) is 68.3 cm³/mol. The van der Waals surface area contributed by atoms with Crippen LogP contribution in [0.25, 0.3) is 0 Å². The first-order valence-corrected chi connectivity index (χ1v) is 7.38. The van der Waals surface area contributed by atoms with Crippen molar-refractivity contribution in [2.24, 2.45) is 5.14 Å². The molecule has 0 heterocycles. The summed E-state index contributed by atoms with van der Waals surface area (Å²) in [5.74, 6) is -0.0878. The maximum Gasteiger partial charge on any atom is 0.210 e. The average molecular weight is 358 g/mol. The molecule has 0 saturated heterocycles. The lowest BCUT2D eigenvalue weighted by Gasteiger charge is -2.07. The molecule has 0 atom stereocenters. The molecule has 0 bridgehead atoms. The van der Waals surface area contributed by atoms with Crippen LogP contribution in [0.15, 0.2) is 27.1 Å². The minimum Gasteiger partial charge on any atom is -0.383 e. The first kappa shape index (κ1) is 13.0. The smallest absolute Gasteiger partial charge is 0.210 e. The molecule has 3 N–H and O–H groups in total. The zero-order valence-electron chi connectivity index (χ0n) is 7.70. The highest BCUT2D eigenvalue weighted by Gasteiger charge is 2.03. The van der Waals surface area contributed by atoms with Crippen LogP contribution in [-0.2, 0) is 10.0 Å². The van der Waals surface area contributed by atoms with Crippen molar-refractivity contribution >= 4 is 47.6 Å². The molecule has 0 radical (unpaired) electrons. The van der Waals surface area contributed by atoms with E-state index in [-0.39, 0.29) is 5.75 Å². The SMILES string of the molecule is NS(=O)(=O)CCNc1ccc(Br)cc1Br. The van der Waals surface area contributed by atoms with Gasteiger partial charge in [0, 0.05) is 21.2 Å². The van der Waals surface area contributed by atoms with Crippen molar-refractivity contribution in [3.63, 3.8) is 0 Å². The van der Waals surface area contributed by atoms with Crippen LogP contribution >= 0.6 is 31.9 Å². The van der Waals surface area contributed by atoms with E-state index in [1.165, 1.54) is 0 Å². The Morgan fingerprint density at radius 3 is 2.53 bits per heavy atom. The Labute approximate surface area is 106 Å². The van der Waals surface area contributed by atoms with Gasteiger partial charge in [-0.1, -0.05) is 15.9 Å². The molecule has 0 amide bonds. The van der Waals surface area contributed by atoms with Crippen molar-refractivity contribution < 1.29 is 8.42 Å². The van der Waals surface area contributed by atoms with E-state index in [2.05, 4.69) is 37.2 Å². The maximum absolute atomic E-state index is 10.7. The second-order valence-corrected chi connectivity index (χ2v) is 6.42. The quantitative estimate of drug-likeness (QED) is 0.864. The lowest BCUT2D eigenvalue weighted by Crippen LogP contribution is -2.22. The molecule has 15 heavy (non-hydrogen) atoms. The van der Waals surface area contributed by atoms with E-state index in [0.717, 1.165) is 14.6 Å². The van der Waals surface area contributed by atoms with Gasteiger partial charge in [0.1, 0.15) is 0 Å². The minimum atomic E-state index is -3.40. The molecule has 0 unspecified atom stereocenters. The van der Waals surface area contributed by atoms with E-state index >= 15 is 0 Å². The van der Waals surface area contributed by atoms with Crippen molar-refractivity contribution in [3.05, 3.63) is 27.1 Å². The first-order valence-electron chi connectivity index (χ1n) is 4.08. The molecule has 1 aromatic rings. The van der Waals surface area contributed by atoms with Gasteiger partial charge in [0.25, 0.3) is 0 Å². The second kappa shape index (κ2) is 5.29. The number of anilines is 1. The van der Waals surface area contributed by atoms with Gasteiger partial charge in [0.15, 0.2) is 0 Å². The zero-order chi connectivity index (χ0) is 11.5. The lowest BCUT2D eigenvalue weighted by atomic mass is 10.3. The molecule has 0 aliphatic rings. The summed E-state index contributed by atoms with van der Waals surface area (Å²) in [5, 5.41) is 7.84. The molecule has 0 spiro atoms. The highest BCUT2D eigenvalue weighted by molar-refractivity contribution is 9.11. The molecule has 0 fully saturated rings. The van der Waals surface area contributed by atoms with E-state index < -0.39 is 10.0 Å². The van der Waals surface area contributed by atoms with Crippen LogP contribution in [0.4, 0.5) is 5.69 Å².